The molecule has 0 unspecified atom stereocenters. The summed E-state index contributed by atoms with van der Waals surface area (Å²) in [6.45, 7) is 1.31. The summed E-state index contributed by atoms with van der Waals surface area (Å²) in [6.07, 6.45) is -0.396. The van der Waals surface area contributed by atoms with Crippen LogP contribution in [-0.2, 0) is 24.5 Å². The first-order valence-electron chi connectivity index (χ1n) is 7.33. The molecule has 0 saturated heterocycles. The first kappa shape index (κ1) is 18.4. The number of hydrogen-bond donors (Lipinski definition) is 0. The summed E-state index contributed by atoms with van der Waals surface area (Å²) in [6, 6.07) is 14.9. The van der Waals surface area contributed by atoms with Gasteiger partial charge in [0, 0.05) is 6.42 Å². The molecule has 2 aromatic carbocycles. The number of hydrogen-bond acceptors (Lipinski definition) is 5. The van der Waals surface area contributed by atoms with Crippen molar-refractivity contribution in [1.29, 1.82) is 0 Å². The highest BCUT2D eigenvalue weighted by molar-refractivity contribution is 8.09. The minimum Gasteiger partial charge on any atom is -0.300 e. The first-order chi connectivity index (χ1) is 11.3. The number of carbonyl (C=O) groups excluding carboxylic acids is 1. The van der Waals surface area contributed by atoms with E-state index >= 15 is 0 Å². The minimum atomic E-state index is -4.14. The lowest BCUT2D eigenvalue weighted by molar-refractivity contribution is -0.117. The van der Waals surface area contributed by atoms with E-state index in [-0.39, 0.29) is 28.4 Å². The van der Waals surface area contributed by atoms with Crippen molar-refractivity contribution in [3.63, 3.8) is 0 Å². The molecule has 0 aliphatic carbocycles. The van der Waals surface area contributed by atoms with Crippen LogP contribution in [0.15, 0.2) is 70.5 Å². The van der Waals surface area contributed by atoms with Crippen molar-refractivity contribution < 1.29 is 21.6 Å². The molecule has 0 amide bonds. The molecule has 0 N–H and O–H groups in total. The molecule has 0 heterocycles. The Morgan fingerprint density at radius 1 is 0.792 bits per heavy atom. The predicted octanol–water partition coefficient (Wildman–Crippen LogP) is 2.63. The molecule has 0 saturated carbocycles. The van der Waals surface area contributed by atoms with E-state index in [9.17, 15) is 21.6 Å². The third-order valence-corrected chi connectivity index (χ3v) is 8.80. The standard InChI is InChI=1S/C17H18O5S2/c1-14(18)12-13-17(23(19,20)15-8-4-2-5-9-15)24(21,22)16-10-6-3-7-11-16/h2-11,17H,12-13H2,1H3. The van der Waals surface area contributed by atoms with Crippen LogP contribution in [0.1, 0.15) is 19.8 Å². The van der Waals surface area contributed by atoms with Crippen molar-refractivity contribution in [1.82, 2.24) is 0 Å². The number of sulfone groups is 2. The zero-order chi connectivity index (χ0) is 17.8. The Bertz CT molecular complexity index is 832. The van der Waals surface area contributed by atoms with Gasteiger partial charge in [-0.25, -0.2) is 16.8 Å². The molecule has 0 aliphatic heterocycles. The molecule has 0 radical (unpaired) electrons. The molecule has 24 heavy (non-hydrogen) atoms. The lowest BCUT2D eigenvalue weighted by Gasteiger charge is -2.18. The van der Waals surface area contributed by atoms with Gasteiger partial charge in [0.05, 0.1) is 9.79 Å². The highest BCUT2D eigenvalue weighted by Crippen LogP contribution is 2.28. The molecule has 5 nitrogen and oxygen atoms in total. The molecule has 0 aromatic heterocycles. The molecule has 128 valence electrons. The lowest BCUT2D eigenvalue weighted by Crippen LogP contribution is -2.31. The Morgan fingerprint density at radius 3 is 1.50 bits per heavy atom. The first-order valence-corrected chi connectivity index (χ1v) is 10.4. The summed E-state index contributed by atoms with van der Waals surface area (Å²) < 4.78 is 49.8. The van der Waals surface area contributed by atoms with Gasteiger partial charge in [0.25, 0.3) is 0 Å². The van der Waals surface area contributed by atoms with Crippen LogP contribution in [-0.4, -0.2) is 27.2 Å². The lowest BCUT2D eigenvalue weighted by atomic mass is 10.2. The van der Waals surface area contributed by atoms with Crippen LogP contribution in [0.25, 0.3) is 0 Å². The second kappa shape index (κ2) is 7.27. The topological polar surface area (TPSA) is 85.3 Å². The fraction of sp³-hybridized carbons (Fsp3) is 0.235. The van der Waals surface area contributed by atoms with Gasteiger partial charge in [0.15, 0.2) is 24.3 Å². The summed E-state index contributed by atoms with van der Waals surface area (Å²) >= 11 is 0. The highest BCUT2D eigenvalue weighted by atomic mass is 32.3. The number of rotatable bonds is 7. The average molecular weight is 366 g/mol. The highest BCUT2D eigenvalue weighted by Gasteiger charge is 2.39. The average Bonchev–Trinajstić information content (AvgIpc) is 2.56. The Morgan fingerprint density at radius 2 is 1.17 bits per heavy atom. The second-order valence-corrected chi connectivity index (χ2v) is 9.95. The van der Waals surface area contributed by atoms with Crippen LogP contribution in [0.4, 0.5) is 0 Å². The zero-order valence-electron chi connectivity index (χ0n) is 13.1. The van der Waals surface area contributed by atoms with Gasteiger partial charge < -0.3 is 4.79 Å². The van der Waals surface area contributed by atoms with Gasteiger partial charge in [0.2, 0.25) is 0 Å². The van der Waals surface area contributed by atoms with Crippen LogP contribution < -0.4 is 0 Å². The Hall–Kier alpha value is -1.99. The molecule has 0 spiro atoms. The third kappa shape index (κ3) is 3.91. The van der Waals surface area contributed by atoms with E-state index in [1.54, 1.807) is 12.1 Å². The molecule has 7 heteroatoms. The van der Waals surface area contributed by atoms with E-state index in [1.165, 1.54) is 55.5 Å². The predicted molar refractivity (Wildman–Crippen MR) is 91.0 cm³/mol. The molecule has 2 aromatic rings. The van der Waals surface area contributed by atoms with Crippen molar-refractivity contribution in [2.75, 3.05) is 0 Å². The van der Waals surface area contributed by atoms with Gasteiger partial charge in [-0.15, -0.1) is 0 Å². The second-order valence-electron chi connectivity index (χ2n) is 5.39. The van der Waals surface area contributed by atoms with Crippen LogP contribution >= 0.6 is 0 Å². The van der Waals surface area contributed by atoms with E-state index in [0.29, 0.717) is 0 Å². The van der Waals surface area contributed by atoms with Crippen molar-refractivity contribution in [2.24, 2.45) is 0 Å². The fourth-order valence-corrected chi connectivity index (χ4v) is 6.86. The molecule has 0 atom stereocenters. The van der Waals surface area contributed by atoms with Gasteiger partial charge in [-0.2, -0.15) is 0 Å². The van der Waals surface area contributed by atoms with Gasteiger partial charge in [-0.3, -0.25) is 0 Å². The minimum absolute atomic E-state index is 0.0712. The smallest absolute Gasteiger partial charge is 0.195 e. The summed E-state index contributed by atoms with van der Waals surface area (Å²) in [4.78, 5) is 11.1. The van der Waals surface area contributed by atoms with Gasteiger partial charge in [0.1, 0.15) is 5.78 Å². The summed E-state index contributed by atoms with van der Waals surface area (Å²) in [7, 11) is -8.29. The number of ketones is 1. The summed E-state index contributed by atoms with van der Waals surface area (Å²) in [5.41, 5.74) is 0. The van der Waals surface area contributed by atoms with E-state index in [1.807, 2.05) is 0 Å². The monoisotopic (exact) mass is 366 g/mol. The Labute approximate surface area is 142 Å². The van der Waals surface area contributed by atoms with E-state index in [4.69, 9.17) is 0 Å². The van der Waals surface area contributed by atoms with Crippen LogP contribution in [0.3, 0.4) is 0 Å². The fourth-order valence-electron chi connectivity index (χ4n) is 2.32. The SMILES string of the molecule is CC(=O)CCC(S(=O)(=O)c1ccccc1)S(=O)(=O)c1ccccc1. The van der Waals surface area contributed by atoms with E-state index in [0.717, 1.165) is 0 Å². The number of carbonyl (C=O) groups is 1. The van der Waals surface area contributed by atoms with Gasteiger partial charge >= 0.3 is 0 Å². The Kier molecular flexibility index (Phi) is 5.56. The summed E-state index contributed by atoms with van der Waals surface area (Å²) in [5.74, 6) is -0.258. The normalized spacial score (nSPS) is 12.2. The van der Waals surface area contributed by atoms with Gasteiger partial charge in [-0.05, 0) is 37.6 Å². The molecule has 0 fully saturated rings. The summed E-state index contributed by atoms with van der Waals surface area (Å²) in [5, 5.41) is 0. The molecular weight excluding hydrogens is 348 g/mol. The van der Waals surface area contributed by atoms with Crippen LogP contribution in [0, 0.1) is 0 Å². The van der Waals surface area contributed by atoms with Crippen molar-refractivity contribution in [3.05, 3.63) is 60.7 Å². The molecule has 0 bridgehead atoms. The van der Waals surface area contributed by atoms with E-state index < -0.39 is 24.3 Å². The maximum Gasteiger partial charge on any atom is 0.195 e. The third-order valence-electron chi connectivity index (χ3n) is 3.57. The van der Waals surface area contributed by atoms with Crippen LogP contribution in [0.5, 0.6) is 0 Å². The maximum absolute atomic E-state index is 12.9. The van der Waals surface area contributed by atoms with E-state index in [2.05, 4.69) is 0 Å². The van der Waals surface area contributed by atoms with Crippen molar-refractivity contribution in [2.45, 2.75) is 34.1 Å². The number of Topliss-reactive ketones (excluding diaryl/α,β-unsaturated/α-hetero) is 1. The number of benzene rings is 2. The molecule has 2 rings (SSSR count). The zero-order valence-corrected chi connectivity index (χ0v) is 14.8. The van der Waals surface area contributed by atoms with Crippen molar-refractivity contribution >= 4 is 25.5 Å². The maximum atomic E-state index is 12.9. The largest absolute Gasteiger partial charge is 0.300 e. The molecule has 0 aliphatic rings. The van der Waals surface area contributed by atoms with Gasteiger partial charge in [-0.1, -0.05) is 36.4 Å². The Balaban J connectivity index is 2.55. The van der Waals surface area contributed by atoms with Crippen LogP contribution in [0.2, 0.25) is 0 Å². The van der Waals surface area contributed by atoms with Crippen molar-refractivity contribution in [3.8, 4) is 0 Å². The molecular formula is C17H18O5S2. The quantitative estimate of drug-likeness (QED) is 0.752.